The van der Waals surface area contributed by atoms with Gasteiger partial charge in [-0.2, -0.15) is 0 Å². The quantitative estimate of drug-likeness (QED) is 0.683. The minimum atomic E-state index is 0.647. The van der Waals surface area contributed by atoms with Gasteiger partial charge in [0.2, 0.25) is 0 Å². The van der Waals surface area contributed by atoms with Crippen molar-refractivity contribution in [2.24, 2.45) is 0 Å². The number of hydrogen-bond donors (Lipinski definition) is 0. The van der Waals surface area contributed by atoms with Crippen molar-refractivity contribution in [1.29, 1.82) is 0 Å². The van der Waals surface area contributed by atoms with Crippen LogP contribution in [0.1, 0.15) is 39.8 Å². The molecule has 106 valence electrons. The van der Waals surface area contributed by atoms with Crippen molar-refractivity contribution in [2.45, 2.75) is 26.7 Å². The predicted octanol–water partition coefficient (Wildman–Crippen LogP) is 3.61. The van der Waals surface area contributed by atoms with Gasteiger partial charge in [-0.25, -0.2) is 4.98 Å². The maximum atomic E-state index is 11.4. The molecule has 0 saturated carbocycles. The molecule has 3 rings (SSSR count). The van der Waals surface area contributed by atoms with E-state index >= 15 is 0 Å². The molecule has 0 spiro atoms. The summed E-state index contributed by atoms with van der Waals surface area (Å²) in [5, 5.41) is 0. The molecule has 0 amide bonds. The highest BCUT2D eigenvalue weighted by atomic mass is 16.1. The summed E-state index contributed by atoms with van der Waals surface area (Å²) in [6, 6.07) is 12.5. The van der Waals surface area contributed by atoms with Crippen LogP contribution in [0.3, 0.4) is 0 Å². The maximum absolute atomic E-state index is 11.4. The van der Waals surface area contributed by atoms with Gasteiger partial charge >= 0.3 is 0 Å². The molecule has 0 N–H and O–H groups in total. The summed E-state index contributed by atoms with van der Waals surface area (Å²) in [5.41, 5.74) is 5.91. The number of aromatic nitrogens is 2. The molecule has 0 fully saturated rings. The van der Waals surface area contributed by atoms with Crippen molar-refractivity contribution < 1.29 is 4.79 Å². The average Bonchev–Trinajstić information content (AvgIpc) is 2.84. The molecule has 21 heavy (non-hydrogen) atoms. The fraction of sp³-hybridized carbons (Fsp3) is 0.222. The number of imidazole rings is 1. The first-order valence-electron chi connectivity index (χ1n) is 7.22. The molecular weight excluding hydrogens is 260 g/mol. The highest BCUT2D eigenvalue weighted by molar-refractivity contribution is 5.76. The lowest BCUT2D eigenvalue weighted by atomic mass is 10.1. The van der Waals surface area contributed by atoms with Crippen LogP contribution in [0.15, 0.2) is 42.6 Å². The van der Waals surface area contributed by atoms with Crippen LogP contribution in [0.25, 0.3) is 5.65 Å². The third-order valence-electron chi connectivity index (χ3n) is 3.79. The number of nitrogens with zero attached hydrogens (tertiary/aromatic N) is 2. The number of rotatable bonds is 4. The predicted molar refractivity (Wildman–Crippen MR) is 83.9 cm³/mol. The zero-order valence-electron chi connectivity index (χ0n) is 12.3. The second-order valence-corrected chi connectivity index (χ2v) is 5.34. The van der Waals surface area contributed by atoms with Crippen LogP contribution in [0.2, 0.25) is 0 Å². The van der Waals surface area contributed by atoms with E-state index in [0.29, 0.717) is 12.1 Å². The lowest BCUT2D eigenvalue weighted by Gasteiger charge is -2.02. The van der Waals surface area contributed by atoms with Crippen molar-refractivity contribution in [3.63, 3.8) is 0 Å². The first-order valence-corrected chi connectivity index (χ1v) is 7.22. The summed E-state index contributed by atoms with van der Waals surface area (Å²) in [6.45, 7) is 4.15. The third-order valence-corrected chi connectivity index (χ3v) is 3.79. The van der Waals surface area contributed by atoms with Gasteiger partial charge in [0.05, 0.1) is 5.69 Å². The van der Waals surface area contributed by atoms with Crippen LogP contribution in [-0.4, -0.2) is 15.7 Å². The summed E-state index contributed by atoms with van der Waals surface area (Å²) < 4.78 is 1.87. The number of aryl methyl sites for hydroxylation is 2. The molecule has 1 aromatic carbocycles. The number of carbonyl (C=O) groups excluding carboxylic acids is 1. The second-order valence-electron chi connectivity index (χ2n) is 5.34. The third kappa shape index (κ3) is 2.59. The molecule has 0 aliphatic rings. The van der Waals surface area contributed by atoms with Crippen LogP contribution >= 0.6 is 0 Å². The van der Waals surface area contributed by atoms with E-state index < -0.39 is 0 Å². The summed E-state index contributed by atoms with van der Waals surface area (Å²) >= 11 is 0. The lowest BCUT2D eigenvalue weighted by molar-refractivity contribution is 0.111. The van der Waals surface area contributed by atoms with Gasteiger partial charge in [-0.15, -0.1) is 0 Å². The molecule has 0 radical (unpaired) electrons. The first-order chi connectivity index (χ1) is 10.2. The summed E-state index contributed by atoms with van der Waals surface area (Å²) in [6.07, 6.45) is 4.57. The Morgan fingerprint density at radius 3 is 2.48 bits per heavy atom. The Bertz CT molecular complexity index is 785. The molecule has 0 aliphatic carbocycles. The maximum Gasteiger partial charge on any atom is 0.168 e. The normalized spacial score (nSPS) is 11.0. The van der Waals surface area contributed by atoms with Crippen molar-refractivity contribution in [3.05, 3.63) is 70.7 Å². The topological polar surface area (TPSA) is 34.4 Å². The van der Waals surface area contributed by atoms with Gasteiger partial charge in [0.25, 0.3) is 0 Å². The Morgan fingerprint density at radius 2 is 1.81 bits per heavy atom. The first kappa shape index (κ1) is 13.6. The molecule has 3 aromatic rings. The van der Waals surface area contributed by atoms with Gasteiger partial charge in [-0.1, -0.05) is 37.3 Å². The Labute approximate surface area is 124 Å². The Balaban J connectivity index is 2.01. The van der Waals surface area contributed by atoms with Gasteiger partial charge in [0.15, 0.2) is 6.29 Å². The number of hydrogen-bond acceptors (Lipinski definition) is 2. The van der Waals surface area contributed by atoms with E-state index in [1.165, 1.54) is 11.1 Å². The van der Waals surface area contributed by atoms with Crippen LogP contribution in [0.4, 0.5) is 0 Å². The molecule has 0 bridgehead atoms. The molecule has 2 aromatic heterocycles. The van der Waals surface area contributed by atoms with E-state index in [-0.39, 0.29) is 0 Å². The monoisotopic (exact) mass is 278 g/mol. The van der Waals surface area contributed by atoms with Gasteiger partial charge in [0, 0.05) is 12.6 Å². The number of fused-ring (bicyclic) bond motifs is 1. The molecule has 0 saturated heterocycles. The van der Waals surface area contributed by atoms with Gasteiger partial charge in [-0.3, -0.25) is 9.20 Å². The van der Waals surface area contributed by atoms with Crippen LogP contribution in [0, 0.1) is 6.92 Å². The van der Waals surface area contributed by atoms with E-state index in [4.69, 9.17) is 0 Å². The molecule has 0 aliphatic heterocycles. The van der Waals surface area contributed by atoms with Gasteiger partial charge < -0.3 is 0 Å². The van der Waals surface area contributed by atoms with Gasteiger partial charge in [-0.05, 0) is 36.1 Å². The van der Waals surface area contributed by atoms with E-state index in [1.807, 2.05) is 29.7 Å². The van der Waals surface area contributed by atoms with Crippen molar-refractivity contribution in [1.82, 2.24) is 9.38 Å². The van der Waals surface area contributed by atoms with Crippen molar-refractivity contribution in [3.8, 4) is 0 Å². The van der Waals surface area contributed by atoms with Crippen molar-refractivity contribution >= 4 is 11.9 Å². The Morgan fingerprint density at radius 1 is 1.10 bits per heavy atom. The molecule has 2 heterocycles. The minimum absolute atomic E-state index is 0.647. The van der Waals surface area contributed by atoms with Crippen LogP contribution in [-0.2, 0) is 12.8 Å². The summed E-state index contributed by atoms with van der Waals surface area (Å²) in [5.74, 6) is 0. The standard InChI is InChI=1S/C18H18N2O/c1-3-14-5-7-15(8-6-14)10-16-17(12-21)20-11-13(2)4-9-18(20)19-16/h4-9,11-12H,3,10H2,1-2H3. The Hall–Kier alpha value is -2.42. The van der Waals surface area contributed by atoms with E-state index in [9.17, 15) is 4.79 Å². The summed E-state index contributed by atoms with van der Waals surface area (Å²) in [4.78, 5) is 16.0. The van der Waals surface area contributed by atoms with Crippen LogP contribution < -0.4 is 0 Å². The zero-order valence-corrected chi connectivity index (χ0v) is 12.3. The van der Waals surface area contributed by atoms with E-state index in [0.717, 1.165) is 29.6 Å². The molecule has 3 nitrogen and oxygen atoms in total. The average molecular weight is 278 g/mol. The van der Waals surface area contributed by atoms with E-state index in [1.54, 1.807) is 0 Å². The van der Waals surface area contributed by atoms with E-state index in [2.05, 4.69) is 36.2 Å². The molecule has 0 unspecified atom stereocenters. The smallest absolute Gasteiger partial charge is 0.168 e. The fourth-order valence-corrected chi connectivity index (χ4v) is 2.56. The van der Waals surface area contributed by atoms with Crippen molar-refractivity contribution in [2.75, 3.05) is 0 Å². The highest BCUT2D eigenvalue weighted by Gasteiger charge is 2.12. The Kier molecular flexibility index (Phi) is 3.57. The second kappa shape index (κ2) is 5.52. The minimum Gasteiger partial charge on any atom is -0.297 e. The van der Waals surface area contributed by atoms with Crippen LogP contribution in [0.5, 0.6) is 0 Å². The highest BCUT2D eigenvalue weighted by Crippen LogP contribution is 2.17. The number of aldehydes is 1. The van der Waals surface area contributed by atoms with Gasteiger partial charge in [0.1, 0.15) is 11.3 Å². The number of carbonyl (C=O) groups is 1. The molecule has 3 heteroatoms. The molecular formula is C18H18N2O. The number of pyridine rings is 1. The lowest BCUT2D eigenvalue weighted by Crippen LogP contribution is -1.97. The largest absolute Gasteiger partial charge is 0.297 e. The SMILES string of the molecule is CCc1ccc(Cc2nc3ccc(C)cn3c2C=O)cc1. The fourth-order valence-electron chi connectivity index (χ4n) is 2.56. The molecule has 0 atom stereocenters. The summed E-state index contributed by atoms with van der Waals surface area (Å²) in [7, 11) is 0. The number of benzene rings is 1. The zero-order chi connectivity index (χ0) is 14.8.